The highest BCUT2D eigenvalue weighted by molar-refractivity contribution is 7.91. The normalized spacial score (nSPS) is 20.4. The molecule has 0 aromatic heterocycles. The van der Waals surface area contributed by atoms with Gasteiger partial charge in [0.15, 0.2) is 22.0 Å². The van der Waals surface area contributed by atoms with Crippen molar-refractivity contribution in [3.63, 3.8) is 0 Å². The predicted molar refractivity (Wildman–Crippen MR) is 92.0 cm³/mol. The van der Waals surface area contributed by atoms with Crippen LogP contribution in [0.4, 0.5) is 0 Å². The van der Waals surface area contributed by atoms with E-state index in [1.54, 1.807) is 24.3 Å². The predicted octanol–water partition coefficient (Wildman–Crippen LogP) is 0.561. The lowest BCUT2D eigenvalue weighted by Gasteiger charge is -2.19. The molecule has 1 saturated heterocycles. The molecule has 8 nitrogen and oxygen atoms in total. The van der Waals surface area contributed by atoms with Crippen LogP contribution in [0.5, 0.6) is 5.75 Å². The average Bonchev–Trinajstić information content (AvgIpc) is 2.93. The number of benzene rings is 1. The fraction of sp³-hybridized carbons (Fsp3) is 0.471. The summed E-state index contributed by atoms with van der Waals surface area (Å²) in [5.41, 5.74) is 0.465. The van der Waals surface area contributed by atoms with Gasteiger partial charge in [0.1, 0.15) is 5.75 Å². The van der Waals surface area contributed by atoms with E-state index < -0.39 is 40.0 Å². The first-order valence-electron chi connectivity index (χ1n) is 8.08. The molecule has 0 aliphatic carbocycles. The molecule has 3 atom stereocenters. The molecule has 0 unspecified atom stereocenters. The molecular formula is C17H20N2O6S. The van der Waals surface area contributed by atoms with Crippen LogP contribution in [-0.4, -0.2) is 50.0 Å². The van der Waals surface area contributed by atoms with Crippen LogP contribution < -0.4 is 10.1 Å². The van der Waals surface area contributed by atoms with Crippen molar-refractivity contribution in [2.75, 3.05) is 11.5 Å². The van der Waals surface area contributed by atoms with E-state index in [2.05, 4.69) is 5.32 Å². The van der Waals surface area contributed by atoms with E-state index in [9.17, 15) is 18.0 Å². The fourth-order valence-electron chi connectivity index (χ4n) is 2.41. The molecule has 1 aliphatic heterocycles. The minimum absolute atomic E-state index is 0.0432. The van der Waals surface area contributed by atoms with Gasteiger partial charge in [0.25, 0.3) is 5.91 Å². The third-order valence-corrected chi connectivity index (χ3v) is 5.64. The monoisotopic (exact) mass is 380 g/mol. The third kappa shape index (κ3) is 5.46. The lowest BCUT2D eigenvalue weighted by Crippen LogP contribution is -2.43. The van der Waals surface area contributed by atoms with Crippen LogP contribution in [0.2, 0.25) is 0 Å². The van der Waals surface area contributed by atoms with E-state index in [-0.39, 0.29) is 11.5 Å². The van der Waals surface area contributed by atoms with E-state index in [0.717, 1.165) is 0 Å². The Morgan fingerprint density at radius 1 is 1.23 bits per heavy atom. The first kappa shape index (κ1) is 19.7. The minimum Gasteiger partial charge on any atom is -0.479 e. The summed E-state index contributed by atoms with van der Waals surface area (Å²) < 4.78 is 33.3. The van der Waals surface area contributed by atoms with Gasteiger partial charge in [-0.1, -0.05) is 0 Å². The Morgan fingerprint density at radius 3 is 2.42 bits per heavy atom. The van der Waals surface area contributed by atoms with E-state index in [1.807, 2.05) is 6.07 Å². The Balaban J connectivity index is 1.83. The molecule has 0 saturated carbocycles. The summed E-state index contributed by atoms with van der Waals surface area (Å²) in [6.07, 6.45) is -1.67. The van der Waals surface area contributed by atoms with Gasteiger partial charge in [0.2, 0.25) is 0 Å². The van der Waals surface area contributed by atoms with Crippen molar-refractivity contribution in [2.24, 2.45) is 0 Å². The Labute approximate surface area is 152 Å². The summed E-state index contributed by atoms with van der Waals surface area (Å²) in [5.74, 6) is -0.942. The van der Waals surface area contributed by atoms with E-state index in [1.165, 1.54) is 13.8 Å². The van der Waals surface area contributed by atoms with Crippen LogP contribution in [0, 0.1) is 11.3 Å². The van der Waals surface area contributed by atoms with Crippen molar-refractivity contribution in [3.05, 3.63) is 29.8 Å². The second-order valence-electron chi connectivity index (χ2n) is 6.08. The number of esters is 1. The Bertz CT molecular complexity index is 813. The largest absolute Gasteiger partial charge is 0.479 e. The fourth-order valence-corrected chi connectivity index (χ4v) is 4.08. The molecule has 26 heavy (non-hydrogen) atoms. The number of hydrogen-bond donors (Lipinski definition) is 1. The summed E-state index contributed by atoms with van der Waals surface area (Å²) in [4.78, 5) is 24.1. The average molecular weight is 380 g/mol. The van der Waals surface area contributed by atoms with Gasteiger partial charge in [0, 0.05) is 6.04 Å². The molecule has 1 fully saturated rings. The molecule has 1 aliphatic rings. The lowest BCUT2D eigenvalue weighted by molar-refractivity contribution is -0.161. The number of carbonyl (C=O) groups is 2. The molecule has 0 bridgehead atoms. The quantitative estimate of drug-likeness (QED) is 0.715. The number of ether oxygens (including phenoxy) is 2. The summed E-state index contributed by atoms with van der Waals surface area (Å²) in [6.45, 7) is 2.89. The number of amides is 1. The number of rotatable bonds is 6. The van der Waals surface area contributed by atoms with E-state index in [4.69, 9.17) is 14.7 Å². The van der Waals surface area contributed by atoms with Crippen molar-refractivity contribution >= 4 is 21.7 Å². The van der Waals surface area contributed by atoms with Crippen molar-refractivity contribution in [1.29, 1.82) is 5.26 Å². The highest BCUT2D eigenvalue weighted by Crippen LogP contribution is 2.15. The molecular weight excluding hydrogens is 360 g/mol. The van der Waals surface area contributed by atoms with Crippen LogP contribution in [-0.2, 0) is 24.2 Å². The van der Waals surface area contributed by atoms with E-state index >= 15 is 0 Å². The smallest absolute Gasteiger partial charge is 0.347 e. The number of sulfone groups is 1. The Morgan fingerprint density at radius 2 is 1.88 bits per heavy atom. The standard InChI is InChI=1S/C17H20N2O6S/c1-11(16(20)19-14-7-8-26(22,23)10-14)25-17(21)12(2)24-15-5-3-13(9-18)4-6-15/h3-6,11-12,14H,7-8,10H2,1-2H3,(H,19,20)/t11-,12+,14+/m0/s1. The first-order valence-corrected chi connectivity index (χ1v) is 9.90. The van der Waals surface area contributed by atoms with E-state index in [0.29, 0.717) is 17.7 Å². The minimum atomic E-state index is -3.11. The summed E-state index contributed by atoms with van der Waals surface area (Å²) in [7, 11) is -3.11. The van der Waals surface area contributed by atoms with Crippen molar-refractivity contribution in [3.8, 4) is 11.8 Å². The summed E-state index contributed by atoms with van der Waals surface area (Å²) in [6, 6.07) is 7.74. The zero-order valence-corrected chi connectivity index (χ0v) is 15.3. The number of nitriles is 1. The molecule has 9 heteroatoms. The van der Waals surface area contributed by atoms with Gasteiger partial charge in [-0.05, 0) is 44.5 Å². The van der Waals surface area contributed by atoms with Gasteiger partial charge >= 0.3 is 5.97 Å². The maximum absolute atomic E-state index is 12.1. The van der Waals surface area contributed by atoms with Gasteiger partial charge in [0.05, 0.1) is 23.1 Å². The van der Waals surface area contributed by atoms with Crippen molar-refractivity contribution < 1.29 is 27.5 Å². The summed E-state index contributed by atoms with van der Waals surface area (Å²) in [5, 5.41) is 11.3. The lowest BCUT2D eigenvalue weighted by atomic mass is 10.2. The highest BCUT2D eigenvalue weighted by Gasteiger charge is 2.31. The van der Waals surface area contributed by atoms with Gasteiger partial charge in [-0.15, -0.1) is 0 Å². The SMILES string of the molecule is C[C@H](OC(=O)[C@@H](C)Oc1ccc(C#N)cc1)C(=O)N[C@@H]1CCS(=O)(=O)C1. The third-order valence-electron chi connectivity index (χ3n) is 3.87. The maximum Gasteiger partial charge on any atom is 0.347 e. The van der Waals surface area contributed by atoms with Crippen LogP contribution >= 0.6 is 0 Å². The zero-order valence-electron chi connectivity index (χ0n) is 14.5. The molecule has 1 aromatic carbocycles. The van der Waals surface area contributed by atoms with Gasteiger partial charge in [-0.3, -0.25) is 4.79 Å². The molecule has 1 N–H and O–H groups in total. The van der Waals surface area contributed by atoms with Crippen LogP contribution in [0.3, 0.4) is 0 Å². The first-order chi connectivity index (χ1) is 12.2. The molecule has 1 amide bonds. The second-order valence-corrected chi connectivity index (χ2v) is 8.31. The van der Waals surface area contributed by atoms with Crippen LogP contribution in [0.15, 0.2) is 24.3 Å². The Hall–Kier alpha value is -2.60. The molecule has 140 valence electrons. The number of hydrogen-bond acceptors (Lipinski definition) is 7. The number of carbonyl (C=O) groups excluding carboxylic acids is 2. The van der Waals surface area contributed by atoms with Gasteiger partial charge < -0.3 is 14.8 Å². The van der Waals surface area contributed by atoms with Crippen molar-refractivity contribution in [1.82, 2.24) is 5.32 Å². The molecule has 1 aromatic rings. The topological polar surface area (TPSA) is 123 Å². The van der Waals surface area contributed by atoms with Crippen molar-refractivity contribution in [2.45, 2.75) is 38.5 Å². The number of nitrogens with one attached hydrogen (secondary N) is 1. The van der Waals surface area contributed by atoms with Crippen LogP contribution in [0.25, 0.3) is 0 Å². The maximum atomic E-state index is 12.1. The van der Waals surface area contributed by atoms with Gasteiger partial charge in [-0.2, -0.15) is 5.26 Å². The second kappa shape index (κ2) is 8.19. The zero-order chi connectivity index (χ0) is 19.3. The molecule has 0 radical (unpaired) electrons. The highest BCUT2D eigenvalue weighted by atomic mass is 32.2. The van der Waals surface area contributed by atoms with Gasteiger partial charge in [-0.25, -0.2) is 13.2 Å². The van der Waals surface area contributed by atoms with Crippen LogP contribution in [0.1, 0.15) is 25.8 Å². The molecule has 0 spiro atoms. The number of nitrogens with zero attached hydrogens (tertiary/aromatic N) is 1. The Kier molecular flexibility index (Phi) is 6.21. The summed E-state index contributed by atoms with van der Waals surface area (Å²) >= 11 is 0. The molecule has 2 rings (SSSR count). The molecule has 1 heterocycles.